The second kappa shape index (κ2) is 7.26. The average Bonchev–Trinajstić information content (AvgIpc) is 2.79. The lowest BCUT2D eigenvalue weighted by Crippen LogP contribution is -2.20. The summed E-state index contributed by atoms with van der Waals surface area (Å²) >= 11 is 0. The highest BCUT2D eigenvalue weighted by Crippen LogP contribution is 2.10. The fourth-order valence-electron chi connectivity index (χ4n) is 1.97. The minimum atomic E-state index is 0.329. The van der Waals surface area contributed by atoms with Gasteiger partial charge in [0.15, 0.2) is 0 Å². The van der Waals surface area contributed by atoms with Crippen molar-refractivity contribution in [1.29, 1.82) is 0 Å². The van der Waals surface area contributed by atoms with Crippen molar-refractivity contribution in [3.8, 4) is 0 Å². The second-order valence-corrected chi connectivity index (χ2v) is 4.97. The van der Waals surface area contributed by atoms with Crippen LogP contribution in [-0.2, 0) is 11.2 Å². The van der Waals surface area contributed by atoms with Gasteiger partial charge in [0.1, 0.15) is 5.82 Å². The third-order valence-electron chi connectivity index (χ3n) is 2.93. The zero-order chi connectivity index (χ0) is 13.5. The molecular formula is C15H23N3O. The van der Waals surface area contributed by atoms with E-state index in [4.69, 9.17) is 4.74 Å². The van der Waals surface area contributed by atoms with Gasteiger partial charge in [-0.25, -0.2) is 4.98 Å². The summed E-state index contributed by atoms with van der Waals surface area (Å²) in [4.78, 5) is 7.89. The number of fused-ring (bicyclic) bond motifs is 1. The molecule has 0 fully saturated rings. The number of nitrogens with one attached hydrogen (secondary N) is 2. The molecule has 0 aliphatic carbocycles. The fourth-order valence-corrected chi connectivity index (χ4v) is 1.97. The maximum absolute atomic E-state index is 5.49. The molecule has 0 atom stereocenters. The normalized spacial score (nSPS) is 11.5. The Kier molecular flexibility index (Phi) is 5.36. The lowest BCUT2D eigenvalue weighted by molar-refractivity contribution is 0.0771. The standard InChI is InChI=1S/C15H23N3O/c1-12(2)19-11-5-9-16-10-8-15-17-13-6-3-4-7-14(13)18-15/h3-4,6-7,12,16H,5,8-11H2,1-2H3,(H,17,18). The van der Waals surface area contributed by atoms with E-state index in [1.54, 1.807) is 0 Å². The van der Waals surface area contributed by atoms with Crippen molar-refractivity contribution < 1.29 is 4.74 Å². The lowest BCUT2D eigenvalue weighted by Gasteiger charge is -2.07. The number of para-hydroxylation sites is 2. The van der Waals surface area contributed by atoms with E-state index in [1.165, 1.54) is 0 Å². The first-order valence-corrected chi connectivity index (χ1v) is 7.01. The molecule has 4 heteroatoms. The highest BCUT2D eigenvalue weighted by molar-refractivity contribution is 5.74. The molecule has 19 heavy (non-hydrogen) atoms. The maximum atomic E-state index is 5.49. The Labute approximate surface area is 114 Å². The topological polar surface area (TPSA) is 49.9 Å². The molecular weight excluding hydrogens is 238 g/mol. The first-order chi connectivity index (χ1) is 9.25. The van der Waals surface area contributed by atoms with Crippen molar-refractivity contribution in [2.45, 2.75) is 32.8 Å². The Balaban J connectivity index is 1.63. The molecule has 2 N–H and O–H groups in total. The van der Waals surface area contributed by atoms with Crippen LogP contribution in [0.3, 0.4) is 0 Å². The van der Waals surface area contributed by atoms with E-state index in [0.717, 1.165) is 49.4 Å². The molecule has 0 radical (unpaired) electrons. The van der Waals surface area contributed by atoms with Gasteiger partial charge in [-0.05, 0) is 38.9 Å². The molecule has 1 aromatic carbocycles. The van der Waals surface area contributed by atoms with Crippen LogP contribution in [0.1, 0.15) is 26.1 Å². The van der Waals surface area contributed by atoms with Gasteiger partial charge in [-0.2, -0.15) is 0 Å². The first-order valence-electron chi connectivity index (χ1n) is 7.01. The highest BCUT2D eigenvalue weighted by Gasteiger charge is 2.01. The zero-order valence-corrected chi connectivity index (χ0v) is 11.8. The summed E-state index contributed by atoms with van der Waals surface area (Å²) < 4.78 is 5.49. The van der Waals surface area contributed by atoms with Crippen molar-refractivity contribution in [3.63, 3.8) is 0 Å². The molecule has 0 saturated carbocycles. The lowest BCUT2D eigenvalue weighted by atomic mass is 10.3. The number of ether oxygens (including phenoxy) is 1. The number of H-pyrrole nitrogens is 1. The Morgan fingerprint density at radius 3 is 2.89 bits per heavy atom. The molecule has 1 aromatic heterocycles. The molecule has 0 aliphatic rings. The third-order valence-corrected chi connectivity index (χ3v) is 2.93. The molecule has 1 heterocycles. The van der Waals surface area contributed by atoms with E-state index in [9.17, 15) is 0 Å². The molecule has 4 nitrogen and oxygen atoms in total. The van der Waals surface area contributed by atoms with Crippen LogP contribution in [0.5, 0.6) is 0 Å². The summed E-state index contributed by atoms with van der Waals surface area (Å²) in [6, 6.07) is 8.13. The fraction of sp³-hybridized carbons (Fsp3) is 0.533. The van der Waals surface area contributed by atoms with Crippen LogP contribution >= 0.6 is 0 Å². The molecule has 2 aromatic rings. The van der Waals surface area contributed by atoms with E-state index in [2.05, 4.69) is 35.2 Å². The molecule has 0 bridgehead atoms. The average molecular weight is 261 g/mol. The largest absolute Gasteiger partial charge is 0.379 e. The van der Waals surface area contributed by atoms with Crippen molar-refractivity contribution in [2.24, 2.45) is 0 Å². The van der Waals surface area contributed by atoms with Gasteiger partial charge in [-0.3, -0.25) is 0 Å². The minimum Gasteiger partial charge on any atom is -0.379 e. The minimum absolute atomic E-state index is 0.329. The van der Waals surface area contributed by atoms with Gasteiger partial charge in [-0.1, -0.05) is 12.1 Å². The van der Waals surface area contributed by atoms with E-state index >= 15 is 0 Å². The van der Waals surface area contributed by atoms with Crippen LogP contribution < -0.4 is 5.32 Å². The molecule has 104 valence electrons. The Morgan fingerprint density at radius 2 is 2.11 bits per heavy atom. The van der Waals surface area contributed by atoms with Gasteiger partial charge >= 0.3 is 0 Å². The van der Waals surface area contributed by atoms with Crippen LogP contribution in [0.15, 0.2) is 24.3 Å². The van der Waals surface area contributed by atoms with Crippen LogP contribution in [0, 0.1) is 0 Å². The van der Waals surface area contributed by atoms with E-state index < -0.39 is 0 Å². The van der Waals surface area contributed by atoms with Gasteiger partial charge in [0, 0.05) is 19.6 Å². The van der Waals surface area contributed by atoms with Crippen LogP contribution in [-0.4, -0.2) is 35.8 Å². The summed E-state index contributed by atoms with van der Waals surface area (Å²) in [5, 5.41) is 3.41. The number of benzene rings is 1. The summed E-state index contributed by atoms with van der Waals surface area (Å²) in [6.07, 6.45) is 2.31. The van der Waals surface area contributed by atoms with Crippen LogP contribution in [0.4, 0.5) is 0 Å². The number of nitrogens with zero attached hydrogens (tertiary/aromatic N) is 1. The smallest absolute Gasteiger partial charge is 0.108 e. The van der Waals surface area contributed by atoms with Gasteiger partial charge in [0.25, 0.3) is 0 Å². The van der Waals surface area contributed by atoms with Crippen molar-refractivity contribution >= 4 is 11.0 Å². The monoisotopic (exact) mass is 261 g/mol. The summed E-state index contributed by atoms with van der Waals surface area (Å²) in [5.74, 6) is 1.05. The molecule has 2 rings (SSSR count). The second-order valence-electron chi connectivity index (χ2n) is 4.97. The number of aromatic amines is 1. The number of aromatic nitrogens is 2. The number of hydrogen-bond donors (Lipinski definition) is 2. The molecule has 0 unspecified atom stereocenters. The van der Waals surface area contributed by atoms with Crippen LogP contribution in [0.25, 0.3) is 11.0 Å². The zero-order valence-electron chi connectivity index (χ0n) is 11.8. The molecule has 0 aliphatic heterocycles. The summed E-state index contributed by atoms with van der Waals surface area (Å²) in [6.45, 7) is 6.90. The van der Waals surface area contributed by atoms with Crippen LogP contribution in [0.2, 0.25) is 0 Å². The van der Waals surface area contributed by atoms with Gasteiger partial charge in [0.05, 0.1) is 17.1 Å². The van der Waals surface area contributed by atoms with E-state index in [1.807, 2.05) is 18.2 Å². The van der Waals surface area contributed by atoms with Crippen molar-refractivity contribution in [3.05, 3.63) is 30.1 Å². The number of rotatable bonds is 8. The highest BCUT2D eigenvalue weighted by atomic mass is 16.5. The quantitative estimate of drug-likeness (QED) is 0.718. The van der Waals surface area contributed by atoms with Crippen molar-refractivity contribution in [1.82, 2.24) is 15.3 Å². The Bertz CT molecular complexity index is 460. The summed E-state index contributed by atoms with van der Waals surface area (Å²) in [7, 11) is 0. The maximum Gasteiger partial charge on any atom is 0.108 e. The molecule has 0 spiro atoms. The SMILES string of the molecule is CC(C)OCCCNCCc1nc2ccccc2[nH]1. The van der Waals surface area contributed by atoms with Gasteiger partial charge < -0.3 is 15.0 Å². The number of imidazole rings is 1. The van der Waals surface area contributed by atoms with Gasteiger partial charge in [0.2, 0.25) is 0 Å². The van der Waals surface area contributed by atoms with E-state index in [0.29, 0.717) is 6.10 Å². The first kappa shape index (κ1) is 14.0. The predicted molar refractivity (Wildman–Crippen MR) is 78.4 cm³/mol. The molecule has 0 amide bonds. The van der Waals surface area contributed by atoms with Gasteiger partial charge in [-0.15, -0.1) is 0 Å². The van der Waals surface area contributed by atoms with Crippen molar-refractivity contribution in [2.75, 3.05) is 19.7 Å². The predicted octanol–water partition coefficient (Wildman–Crippen LogP) is 2.51. The number of hydrogen-bond acceptors (Lipinski definition) is 3. The Morgan fingerprint density at radius 1 is 1.26 bits per heavy atom. The third kappa shape index (κ3) is 4.65. The summed E-state index contributed by atoms with van der Waals surface area (Å²) in [5.41, 5.74) is 2.16. The van der Waals surface area contributed by atoms with E-state index in [-0.39, 0.29) is 0 Å². The molecule has 0 saturated heterocycles. The Hall–Kier alpha value is -1.39.